The van der Waals surface area contributed by atoms with Crippen LogP contribution in [0.4, 0.5) is 5.82 Å². The third kappa shape index (κ3) is 4.86. The molecule has 0 unspecified atom stereocenters. The minimum atomic E-state index is -0.0408. The highest BCUT2D eigenvalue weighted by Gasteiger charge is 2.27. The molecule has 3 heterocycles. The number of piperidine rings is 1. The number of nitrogens with zero attached hydrogens (tertiary/aromatic N) is 4. The second kappa shape index (κ2) is 9.04. The number of rotatable bonds is 6. The summed E-state index contributed by atoms with van der Waals surface area (Å²) in [6, 6.07) is 9.91. The van der Waals surface area contributed by atoms with E-state index in [-0.39, 0.29) is 11.9 Å². The average Bonchev–Trinajstić information content (AvgIpc) is 3.12. The number of hydrogen-bond donors (Lipinski definition) is 1. The van der Waals surface area contributed by atoms with Crippen LogP contribution in [0.2, 0.25) is 0 Å². The molecule has 1 amide bonds. The molecule has 1 fully saturated rings. The van der Waals surface area contributed by atoms with Gasteiger partial charge in [-0.2, -0.15) is 4.98 Å². The van der Waals surface area contributed by atoms with Crippen LogP contribution < -0.4 is 10.2 Å². The van der Waals surface area contributed by atoms with Crippen LogP contribution in [0.1, 0.15) is 56.7 Å². The largest absolute Gasteiger partial charge is 0.355 e. The number of aromatic nitrogens is 3. The van der Waals surface area contributed by atoms with Crippen molar-refractivity contribution in [1.29, 1.82) is 0 Å². The highest BCUT2D eigenvalue weighted by molar-refractivity contribution is 5.88. The SMILES string of the molecule is Cc1noc2nc(CCC(=O)N[C@H](C)c3ccccc3)nc(N3C[C@H](C)C[C@@H](C)C3)c12. The zero-order chi connectivity index (χ0) is 22.0. The summed E-state index contributed by atoms with van der Waals surface area (Å²) in [4.78, 5) is 24.3. The van der Waals surface area contributed by atoms with Crippen molar-refractivity contribution >= 4 is 22.8 Å². The highest BCUT2D eigenvalue weighted by Crippen LogP contribution is 2.32. The van der Waals surface area contributed by atoms with Crippen LogP contribution in [0.5, 0.6) is 0 Å². The monoisotopic (exact) mass is 421 g/mol. The van der Waals surface area contributed by atoms with Crippen molar-refractivity contribution in [2.75, 3.05) is 18.0 Å². The molecular formula is C24H31N5O2. The van der Waals surface area contributed by atoms with Gasteiger partial charge in [0.2, 0.25) is 5.91 Å². The summed E-state index contributed by atoms with van der Waals surface area (Å²) in [6.45, 7) is 10.4. The van der Waals surface area contributed by atoms with Crippen LogP contribution >= 0.6 is 0 Å². The smallest absolute Gasteiger partial charge is 0.263 e. The molecule has 3 atom stereocenters. The van der Waals surface area contributed by atoms with E-state index in [1.807, 2.05) is 44.2 Å². The van der Waals surface area contributed by atoms with Gasteiger partial charge in [-0.1, -0.05) is 49.3 Å². The first kappa shape index (κ1) is 21.3. The topological polar surface area (TPSA) is 84.1 Å². The Kier molecular flexibility index (Phi) is 6.20. The molecule has 7 nitrogen and oxygen atoms in total. The van der Waals surface area contributed by atoms with Crippen molar-refractivity contribution in [1.82, 2.24) is 20.4 Å². The van der Waals surface area contributed by atoms with Gasteiger partial charge in [0.1, 0.15) is 17.0 Å². The van der Waals surface area contributed by atoms with Crippen molar-refractivity contribution in [3.05, 3.63) is 47.4 Å². The molecule has 2 aromatic heterocycles. The minimum Gasteiger partial charge on any atom is -0.355 e. The van der Waals surface area contributed by atoms with Crippen LogP contribution in [0, 0.1) is 18.8 Å². The maximum atomic E-state index is 12.5. The molecule has 1 aliphatic rings. The van der Waals surface area contributed by atoms with Gasteiger partial charge in [-0.15, -0.1) is 0 Å². The maximum absolute atomic E-state index is 12.5. The Balaban J connectivity index is 1.50. The number of nitrogens with one attached hydrogen (secondary N) is 1. The van der Waals surface area contributed by atoms with E-state index in [2.05, 4.69) is 34.2 Å². The van der Waals surface area contributed by atoms with Crippen LogP contribution in [0.15, 0.2) is 34.9 Å². The molecule has 164 valence electrons. The third-order valence-electron chi connectivity index (χ3n) is 5.96. The summed E-state index contributed by atoms with van der Waals surface area (Å²) in [7, 11) is 0. The summed E-state index contributed by atoms with van der Waals surface area (Å²) in [5.41, 5.74) is 2.39. The molecule has 0 spiro atoms. The summed E-state index contributed by atoms with van der Waals surface area (Å²) in [6.07, 6.45) is 2.00. The first-order valence-electron chi connectivity index (χ1n) is 11.1. The molecule has 1 aliphatic heterocycles. The molecule has 31 heavy (non-hydrogen) atoms. The Morgan fingerprint density at radius 2 is 1.90 bits per heavy atom. The van der Waals surface area contributed by atoms with Gasteiger partial charge < -0.3 is 14.7 Å². The van der Waals surface area contributed by atoms with E-state index in [4.69, 9.17) is 9.51 Å². The van der Waals surface area contributed by atoms with Gasteiger partial charge in [-0.3, -0.25) is 4.79 Å². The maximum Gasteiger partial charge on any atom is 0.263 e. The van der Waals surface area contributed by atoms with E-state index >= 15 is 0 Å². The lowest BCUT2D eigenvalue weighted by molar-refractivity contribution is -0.121. The first-order valence-corrected chi connectivity index (χ1v) is 11.1. The van der Waals surface area contributed by atoms with Crippen LogP contribution in [-0.2, 0) is 11.2 Å². The number of amides is 1. The van der Waals surface area contributed by atoms with Crippen molar-refractivity contribution in [2.45, 2.75) is 53.0 Å². The van der Waals surface area contributed by atoms with Crippen molar-refractivity contribution in [2.24, 2.45) is 11.8 Å². The fourth-order valence-electron chi connectivity index (χ4n) is 4.55. The Hall–Kier alpha value is -2.96. The lowest BCUT2D eigenvalue weighted by atomic mass is 9.92. The molecular weight excluding hydrogens is 390 g/mol. The van der Waals surface area contributed by atoms with Gasteiger partial charge >= 0.3 is 0 Å². The van der Waals surface area contributed by atoms with Crippen molar-refractivity contribution in [3.63, 3.8) is 0 Å². The number of fused-ring (bicyclic) bond motifs is 1. The predicted octanol–water partition coefficient (Wildman–Crippen LogP) is 4.22. The summed E-state index contributed by atoms with van der Waals surface area (Å²) < 4.78 is 5.48. The average molecular weight is 422 g/mol. The number of anilines is 1. The van der Waals surface area contributed by atoms with Gasteiger partial charge in [0.15, 0.2) is 0 Å². The van der Waals surface area contributed by atoms with E-state index in [1.54, 1.807) is 0 Å². The Morgan fingerprint density at radius 3 is 2.61 bits per heavy atom. The van der Waals surface area contributed by atoms with Gasteiger partial charge in [-0.05, 0) is 37.7 Å². The van der Waals surface area contributed by atoms with Gasteiger partial charge in [0.25, 0.3) is 5.71 Å². The number of carbonyl (C=O) groups is 1. The zero-order valence-corrected chi connectivity index (χ0v) is 18.8. The number of aryl methyl sites for hydroxylation is 2. The Bertz CT molecular complexity index is 1040. The standard InChI is InChI=1S/C24H31N5O2/c1-15-12-16(2)14-29(13-15)23-22-18(4)28-31-24(22)27-20(26-23)10-11-21(30)25-17(3)19-8-6-5-7-9-19/h5-9,15-17H,10-14H2,1-4H3,(H,25,30)/t15-,16-,17-/m1/s1. The lowest BCUT2D eigenvalue weighted by Gasteiger charge is -2.36. The third-order valence-corrected chi connectivity index (χ3v) is 5.96. The van der Waals surface area contributed by atoms with Gasteiger partial charge in [-0.25, -0.2) is 4.98 Å². The van der Waals surface area contributed by atoms with Crippen molar-refractivity contribution in [3.8, 4) is 0 Å². The van der Waals surface area contributed by atoms with Gasteiger partial charge in [0, 0.05) is 25.9 Å². The predicted molar refractivity (Wildman–Crippen MR) is 121 cm³/mol. The molecule has 0 saturated carbocycles. The fourth-order valence-corrected chi connectivity index (χ4v) is 4.55. The second-order valence-corrected chi connectivity index (χ2v) is 8.96. The van der Waals surface area contributed by atoms with E-state index in [9.17, 15) is 4.79 Å². The van der Waals surface area contributed by atoms with E-state index < -0.39 is 0 Å². The molecule has 7 heteroatoms. The van der Waals surface area contributed by atoms with Gasteiger partial charge in [0.05, 0.1) is 11.7 Å². The summed E-state index contributed by atoms with van der Waals surface area (Å²) in [5, 5.41) is 8.05. The quantitative estimate of drug-likeness (QED) is 0.642. The minimum absolute atomic E-state index is 0.0180. The van der Waals surface area contributed by atoms with Crippen LogP contribution in [-0.4, -0.2) is 34.1 Å². The molecule has 0 bridgehead atoms. The number of hydrogen-bond acceptors (Lipinski definition) is 6. The summed E-state index contributed by atoms with van der Waals surface area (Å²) >= 11 is 0. The van der Waals surface area contributed by atoms with E-state index in [0.29, 0.717) is 36.2 Å². The molecule has 1 aromatic carbocycles. The Morgan fingerprint density at radius 1 is 1.19 bits per heavy atom. The van der Waals surface area contributed by atoms with E-state index in [0.717, 1.165) is 35.6 Å². The molecule has 4 rings (SSSR count). The fraction of sp³-hybridized carbons (Fsp3) is 0.500. The molecule has 1 N–H and O–H groups in total. The first-order chi connectivity index (χ1) is 14.9. The zero-order valence-electron chi connectivity index (χ0n) is 18.8. The number of carbonyl (C=O) groups excluding carboxylic acids is 1. The van der Waals surface area contributed by atoms with Crippen LogP contribution in [0.25, 0.3) is 11.1 Å². The van der Waals surface area contributed by atoms with Crippen molar-refractivity contribution < 1.29 is 9.32 Å². The number of benzene rings is 1. The molecule has 0 radical (unpaired) electrons. The lowest BCUT2D eigenvalue weighted by Crippen LogP contribution is -2.39. The Labute approximate surface area is 183 Å². The molecule has 3 aromatic rings. The molecule has 1 saturated heterocycles. The molecule has 0 aliphatic carbocycles. The second-order valence-electron chi connectivity index (χ2n) is 8.96. The normalized spacial score (nSPS) is 20.1. The highest BCUT2D eigenvalue weighted by atomic mass is 16.5. The van der Waals surface area contributed by atoms with E-state index in [1.165, 1.54) is 6.42 Å². The van der Waals surface area contributed by atoms with Crippen LogP contribution in [0.3, 0.4) is 0 Å². The summed E-state index contributed by atoms with van der Waals surface area (Å²) in [5.74, 6) is 2.68.